The summed E-state index contributed by atoms with van der Waals surface area (Å²) >= 11 is 0. The molecular formula is C11H15N3O4S. The number of aliphatic hydroxyl groups is 3. The van der Waals surface area contributed by atoms with Crippen molar-refractivity contribution in [3.8, 4) is 0 Å². The lowest BCUT2D eigenvalue weighted by Crippen LogP contribution is -2.32. The number of aromatic nitrogens is 1. The molecule has 0 spiro atoms. The van der Waals surface area contributed by atoms with E-state index in [2.05, 4.69) is 10.3 Å². The van der Waals surface area contributed by atoms with Gasteiger partial charge in [-0.05, 0) is 16.8 Å². The van der Waals surface area contributed by atoms with Crippen molar-refractivity contribution in [2.45, 2.75) is 29.3 Å². The van der Waals surface area contributed by atoms with E-state index < -0.39 is 35.1 Å². The van der Waals surface area contributed by atoms with Gasteiger partial charge < -0.3 is 25.4 Å². The van der Waals surface area contributed by atoms with Gasteiger partial charge in [-0.2, -0.15) is 0 Å². The Morgan fingerprint density at radius 3 is 2.95 bits per heavy atom. The monoisotopic (exact) mass is 285 g/mol. The maximum Gasteiger partial charge on any atom is 0.129 e. The zero-order valence-electron chi connectivity index (χ0n) is 9.98. The third kappa shape index (κ3) is 2.05. The fraction of sp³-hybridized carbons (Fsp3) is 0.545. The zero-order chi connectivity index (χ0) is 13.6. The van der Waals surface area contributed by atoms with Gasteiger partial charge in [0.1, 0.15) is 24.4 Å². The Kier molecular flexibility index (Phi) is 3.27. The molecule has 0 saturated carbocycles. The first kappa shape index (κ1) is 12.9. The smallest absolute Gasteiger partial charge is 0.129 e. The average Bonchev–Trinajstić information content (AvgIpc) is 2.92. The van der Waals surface area contributed by atoms with Crippen LogP contribution in [0.5, 0.6) is 0 Å². The highest BCUT2D eigenvalue weighted by Gasteiger charge is 2.43. The maximum atomic E-state index is 9.93. The van der Waals surface area contributed by atoms with Gasteiger partial charge in [-0.3, -0.25) is 9.76 Å². The molecule has 8 heteroatoms. The van der Waals surface area contributed by atoms with E-state index in [0.717, 1.165) is 10.6 Å². The Morgan fingerprint density at radius 2 is 2.26 bits per heavy atom. The lowest BCUT2D eigenvalue weighted by Gasteiger charge is -2.14. The van der Waals surface area contributed by atoms with Crippen molar-refractivity contribution in [3.05, 3.63) is 18.0 Å². The minimum Gasteiger partial charge on any atom is -0.394 e. The van der Waals surface area contributed by atoms with Crippen molar-refractivity contribution in [3.63, 3.8) is 0 Å². The highest BCUT2D eigenvalue weighted by molar-refractivity contribution is 7.86. The van der Waals surface area contributed by atoms with Crippen molar-refractivity contribution in [2.24, 2.45) is 0 Å². The second-order valence-corrected chi connectivity index (χ2v) is 6.09. The summed E-state index contributed by atoms with van der Waals surface area (Å²) in [4.78, 5) is 5.05. The van der Waals surface area contributed by atoms with Gasteiger partial charge in [-0.25, -0.2) is 0 Å². The van der Waals surface area contributed by atoms with E-state index in [1.54, 1.807) is 12.3 Å². The van der Waals surface area contributed by atoms with Crippen molar-refractivity contribution >= 4 is 16.4 Å². The summed E-state index contributed by atoms with van der Waals surface area (Å²) in [7, 11) is -0.598. The number of nitrogens with one attached hydrogen (secondary N) is 2. The van der Waals surface area contributed by atoms with E-state index in [1.807, 2.05) is 0 Å². The Hall–Kier alpha value is -1.06. The number of rotatable bonds is 2. The third-order valence-corrected chi connectivity index (χ3v) is 4.68. The molecule has 1 aromatic rings. The molecule has 0 amide bonds. The second kappa shape index (κ2) is 4.80. The van der Waals surface area contributed by atoms with Crippen molar-refractivity contribution < 1.29 is 20.1 Å². The molecule has 1 fully saturated rings. The molecule has 3 heterocycles. The first-order valence-corrected chi connectivity index (χ1v) is 7.29. The van der Waals surface area contributed by atoms with Crippen LogP contribution in [-0.2, 0) is 15.4 Å². The normalized spacial score (nSPS) is 37.1. The molecule has 0 bridgehead atoms. The van der Waals surface area contributed by atoms with Crippen LogP contribution in [0.2, 0.25) is 0 Å². The summed E-state index contributed by atoms with van der Waals surface area (Å²) < 4.78 is 13.2. The van der Waals surface area contributed by atoms with E-state index in [4.69, 9.17) is 14.6 Å². The fourth-order valence-corrected chi connectivity index (χ4v) is 3.35. The van der Waals surface area contributed by atoms with Gasteiger partial charge in [-0.15, -0.1) is 0 Å². The topological polar surface area (TPSA) is 119 Å². The summed E-state index contributed by atoms with van der Waals surface area (Å²) in [5.41, 5.74) is 1.31. The molecule has 0 aromatic carbocycles. The average molecular weight is 285 g/mol. The summed E-state index contributed by atoms with van der Waals surface area (Å²) in [6.45, 7) is -0.353. The fourth-order valence-electron chi connectivity index (χ4n) is 2.32. The molecule has 104 valence electrons. The van der Waals surface area contributed by atoms with Crippen LogP contribution in [0, 0.1) is 4.78 Å². The second-order valence-electron chi connectivity index (χ2n) is 4.58. The summed E-state index contributed by atoms with van der Waals surface area (Å²) in [5.74, 6) is 0.566. The molecule has 19 heavy (non-hydrogen) atoms. The lowest BCUT2D eigenvalue weighted by atomic mass is 10.1. The van der Waals surface area contributed by atoms with Gasteiger partial charge in [0.05, 0.1) is 28.8 Å². The van der Waals surface area contributed by atoms with E-state index in [1.165, 1.54) is 0 Å². The first-order chi connectivity index (χ1) is 9.11. The molecule has 5 N–H and O–H groups in total. The molecule has 7 nitrogen and oxygen atoms in total. The number of aliphatic hydroxyl groups excluding tert-OH is 3. The van der Waals surface area contributed by atoms with Crippen LogP contribution < -0.4 is 5.32 Å². The van der Waals surface area contributed by atoms with Gasteiger partial charge >= 0.3 is 0 Å². The number of hydrogen-bond donors (Lipinski definition) is 5. The predicted molar refractivity (Wildman–Crippen MR) is 67.8 cm³/mol. The predicted octanol–water partition coefficient (Wildman–Crippen LogP) is -0.642. The van der Waals surface area contributed by atoms with Crippen molar-refractivity contribution in [1.82, 2.24) is 4.98 Å². The van der Waals surface area contributed by atoms with E-state index in [-0.39, 0.29) is 6.61 Å². The minimum absolute atomic E-state index is 0.353. The van der Waals surface area contributed by atoms with Crippen LogP contribution in [0.25, 0.3) is 0 Å². The molecule has 1 unspecified atom stereocenters. The van der Waals surface area contributed by atoms with Crippen molar-refractivity contribution in [1.29, 1.82) is 4.78 Å². The number of fused-ring (bicyclic) bond motifs is 1. The van der Waals surface area contributed by atoms with E-state index in [0.29, 0.717) is 11.6 Å². The molecule has 0 aliphatic carbocycles. The number of hydrogen-bond acceptors (Lipinski definition) is 7. The maximum absolute atomic E-state index is 9.93. The number of pyridine rings is 1. The van der Waals surface area contributed by atoms with Crippen LogP contribution in [0.4, 0.5) is 5.69 Å². The number of anilines is 1. The molecule has 5 atom stereocenters. The highest BCUT2D eigenvalue weighted by atomic mass is 32.2. The van der Waals surface area contributed by atoms with Crippen LogP contribution in [0.1, 0.15) is 11.8 Å². The van der Waals surface area contributed by atoms with Gasteiger partial charge in [0.2, 0.25) is 0 Å². The van der Waals surface area contributed by atoms with Crippen LogP contribution in [0.15, 0.2) is 17.2 Å². The van der Waals surface area contributed by atoms with E-state index >= 15 is 0 Å². The SMILES string of the molecule is N=S1CNc2cc([C@@H]3O[C@H](CO)[C@@H](O)[C@@H]3O)ncc21. The molecule has 0 radical (unpaired) electrons. The van der Waals surface area contributed by atoms with Gasteiger partial charge in [0.15, 0.2) is 0 Å². The van der Waals surface area contributed by atoms with E-state index in [9.17, 15) is 10.2 Å². The quantitative estimate of drug-likeness (QED) is 0.493. The van der Waals surface area contributed by atoms with Gasteiger partial charge in [0.25, 0.3) is 0 Å². The minimum atomic E-state index is -1.12. The zero-order valence-corrected chi connectivity index (χ0v) is 10.8. The molecule has 2 aliphatic rings. The summed E-state index contributed by atoms with van der Waals surface area (Å²) in [5, 5.41) is 31.8. The van der Waals surface area contributed by atoms with Crippen molar-refractivity contribution in [2.75, 3.05) is 17.8 Å². The molecular weight excluding hydrogens is 270 g/mol. The van der Waals surface area contributed by atoms with Crippen LogP contribution >= 0.6 is 0 Å². The number of ether oxygens (including phenoxy) is 1. The van der Waals surface area contributed by atoms with Gasteiger partial charge in [-0.1, -0.05) is 0 Å². The highest BCUT2D eigenvalue weighted by Crippen LogP contribution is 2.35. The standard InChI is InChI=1S/C11H15N3O4S/c12-19-4-14-5-1-6(13-2-8(5)19)11-10(17)9(16)7(3-15)18-11/h1-2,7,9-12,14-17H,3-4H2/t7-,9-,10+,11+,19?/m1/s1. The largest absolute Gasteiger partial charge is 0.394 e. The number of nitrogens with zero attached hydrogens (tertiary/aromatic N) is 1. The van der Waals surface area contributed by atoms with Gasteiger partial charge in [0, 0.05) is 6.20 Å². The molecule has 2 aliphatic heterocycles. The summed E-state index contributed by atoms with van der Waals surface area (Å²) in [6, 6.07) is 1.73. The third-order valence-electron chi connectivity index (χ3n) is 3.39. The molecule has 1 saturated heterocycles. The Morgan fingerprint density at radius 1 is 1.47 bits per heavy atom. The molecule has 3 rings (SSSR count). The van der Waals surface area contributed by atoms with Crippen LogP contribution in [0.3, 0.4) is 0 Å². The summed E-state index contributed by atoms with van der Waals surface area (Å²) in [6.07, 6.45) is -2.18. The molecule has 1 aromatic heterocycles. The Bertz CT molecular complexity index is 527. The first-order valence-electron chi connectivity index (χ1n) is 5.90. The lowest BCUT2D eigenvalue weighted by molar-refractivity contribution is -0.0239. The Balaban J connectivity index is 1.89. The van der Waals surface area contributed by atoms with Crippen LogP contribution in [-0.4, -0.2) is 51.1 Å². The Labute approximate surface area is 112 Å².